The summed E-state index contributed by atoms with van der Waals surface area (Å²) < 4.78 is 0. The number of carbonyl (C=O) groups is 2. The Balaban J connectivity index is 2.20. The fourth-order valence-electron chi connectivity index (χ4n) is 2.01. The molecule has 0 spiro atoms. The van der Waals surface area contributed by atoms with E-state index in [0.717, 1.165) is 12.8 Å². The molecule has 5 nitrogen and oxygen atoms in total. The lowest BCUT2D eigenvalue weighted by atomic mass is 10.1. The van der Waals surface area contributed by atoms with Crippen LogP contribution in [0.4, 0.5) is 4.79 Å². The molecule has 1 rings (SSSR count). The van der Waals surface area contributed by atoms with Crippen LogP contribution in [0.1, 0.15) is 32.3 Å². The Kier molecular flexibility index (Phi) is 7.29. The van der Waals surface area contributed by atoms with E-state index in [1.165, 1.54) is 5.56 Å². The molecule has 0 saturated carbocycles. The summed E-state index contributed by atoms with van der Waals surface area (Å²) in [7, 11) is 0. The van der Waals surface area contributed by atoms with Crippen LogP contribution < -0.4 is 10.6 Å². The number of aryl methyl sites for hydroxylation is 1. The fourth-order valence-corrected chi connectivity index (χ4v) is 2.01. The van der Waals surface area contributed by atoms with Gasteiger partial charge in [-0.25, -0.2) is 4.79 Å². The van der Waals surface area contributed by atoms with Gasteiger partial charge in [-0.3, -0.25) is 4.79 Å². The largest absolute Gasteiger partial charge is 0.481 e. The van der Waals surface area contributed by atoms with Crippen molar-refractivity contribution in [3.05, 3.63) is 35.9 Å². The van der Waals surface area contributed by atoms with Crippen LogP contribution in [-0.4, -0.2) is 29.7 Å². The molecule has 1 aromatic rings. The van der Waals surface area contributed by atoms with Crippen molar-refractivity contribution >= 4 is 12.0 Å². The molecule has 0 bridgehead atoms. The SMILES string of the molecule is CC(CNC(=O)NC(C)CCc1ccccc1)CC(=O)O. The molecule has 21 heavy (non-hydrogen) atoms. The number of hydrogen-bond acceptors (Lipinski definition) is 2. The van der Waals surface area contributed by atoms with Gasteiger partial charge in [0.1, 0.15) is 0 Å². The zero-order chi connectivity index (χ0) is 15.7. The lowest BCUT2D eigenvalue weighted by molar-refractivity contribution is -0.137. The molecule has 0 heterocycles. The van der Waals surface area contributed by atoms with Crippen LogP contribution >= 0.6 is 0 Å². The Morgan fingerprint density at radius 2 is 1.86 bits per heavy atom. The van der Waals surface area contributed by atoms with Crippen molar-refractivity contribution in [2.45, 2.75) is 39.2 Å². The molecule has 2 amide bonds. The van der Waals surface area contributed by atoms with E-state index >= 15 is 0 Å². The third kappa shape index (κ3) is 7.97. The molecule has 5 heteroatoms. The molecule has 2 atom stereocenters. The highest BCUT2D eigenvalue weighted by Crippen LogP contribution is 2.04. The second kappa shape index (κ2) is 9.00. The first kappa shape index (κ1) is 17.0. The molecular weight excluding hydrogens is 268 g/mol. The van der Waals surface area contributed by atoms with E-state index in [2.05, 4.69) is 22.8 Å². The van der Waals surface area contributed by atoms with Gasteiger partial charge in [0.05, 0.1) is 0 Å². The number of benzene rings is 1. The van der Waals surface area contributed by atoms with E-state index in [1.807, 2.05) is 25.1 Å². The summed E-state index contributed by atoms with van der Waals surface area (Å²) in [5, 5.41) is 14.2. The van der Waals surface area contributed by atoms with E-state index in [1.54, 1.807) is 6.92 Å². The molecule has 0 aromatic heterocycles. The standard InChI is InChI=1S/C16H24N2O3/c1-12(10-15(19)20)11-17-16(21)18-13(2)8-9-14-6-4-3-5-7-14/h3-7,12-13H,8-11H2,1-2H3,(H,19,20)(H2,17,18,21). The summed E-state index contributed by atoms with van der Waals surface area (Å²) in [4.78, 5) is 22.2. The van der Waals surface area contributed by atoms with Gasteiger partial charge in [-0.05, 0) is 31.2 Å². The first-order valence-corrected chi connectivity index (χ1v) is 7.27. The van der Waals surface area contributed by atoms with Gasteiger partial charge < -0.3 is 15.7 Å². The van der Waals surface area contributed by atoms with E-state index in [9.17, 15) is 9.59 Å². The minimum absolute atomic E-state index is 0.0594. The minimum Gasteiger partial charge on any atom is -0.481 e. The molecule has 0 aliphatic rings. The molecule has 0 radical (unpaired) electrons. The first-order valence-electron chi connectivity index (χ1n) is 7.27. The van der Waals surface area contributed by atoms with Crippen LogP contribution in [0.15, 0.2) is 30.3 Å². The van der Waals surface area contributed by atoms with Gasteiger partial charge in [0.15, 0.2) is 0 Å². The summed E-state index contributed by atoms with van der Waals surface area (Å²) in [5.74, 6) is -0.922. The molecule has 0 aliphatic carbocycles. The maximum absolute atomic E-state index is 11.7. The van der Waals surface area contributed by atoms with Gasteiger partial charge in [0.2, 0.25) is 0 Å². The highest BCUT2D eigenvalue weighted by Gasteiger charge is 2.11. The highest BCUT2D eigenvalue weighted by atomic mass is 16.4. The zero-order valence-corrected chi connectivity index (χ0v) is 12.6. The summed E-state index contributed by atoms with van der Waals surface area (Å²) in [6, 6.07) is 9.96. The van der Waals surface area contributed by atoms with E-state index in [0.29, 0.717) is 6.54 Å². The molecular formula is C16H24N2O3. The van der Waals surface area contributed by atoms with Crippen LogP contribution in [0.25, 0.3) is 0 Å². The average molecular weight is 292 g/mol. The van der Waals surface area contributed by atoms with E-state index < -0.39 is 5.97 Å². The molecule has 0 saturated heterocycles. The number of nitrogens with one attached hydrogen (secondary N) is 2. The Morgan fingerprint density at radius 1 is 1.19 bits per heavy atom. The van der Waals surface area contributed by atoms with Crippen molar-refractivity contribution in [2.24, 2.45) is 5.92 Å². The maximum Gasteiger partial charge on any atom is 0.315 e. The lowest BCUT2D eigenvalue weighted by Crippen LogP contribution is -2.42. The number of aliphatic carboxylic acids is 1. The van der Waals surface area contributed by atoms with Gasteiger partial charge in [-0.1, -0.05) is 37.3 Å². The number of urea groups is 1. The van der Waals surface area contributed by atoms with Crippen LogP contribution in [0.2, 0.25) is 0 Å². The molecule has 3 N–H and O–H groups in total. The number of amides is 2. The zero-order valence-electron chi connectivity index (χ0n) is 12.6. The third-order valence-corrected chi connectivity index (χ3v) is 3.22. The van der Waals surface area contributed by atoms with Crippen LogP contribution in [0.3, 0.4) is 0 Å². The van der Waals surface area contributed by atoms with Crippen molar-refractivity contribution in [3.8, 4) is 0 Å². The normalized spacial score (nSPS) is 13.2. The smallest absolute Gasteiger partial charge is 0.315 e. The minimum atomic E-state index is -0.846. The monoisotopic (exact) mass is 292 g/mol. The van der Waals surface area contributed by atoms with E-state index in [4.69, 9.17) is 5.11 Å². The maximum atomic E-state index is 11.7. The molecule has 0 aliphatic heterocycles. The summed E-state index contributed by atoms with van der Waals surface area (Å²) in [6.45, 7) is 4.12. The van der Waals surface area contributed by atoms with Crippen molar-refractivity contribution in [1.29, 1.82) is 0 Å². The van der Waals surface area contributed by atoms with Gasteiger partial charge in [0, 0.05) is 19.0 Å². The van der Waals surface area contributed by atoms with Gasteiger partial charge in [-0.2, -0.15) is 0 Å². The summed E-state index contributed by atoms with van der Waals surface area (Å²) in [5.41, 5.74) is 1.25. The van der Waals surface area contributed by atoms with Crippen LogP contribution in [0, 0.1) is 5.92 Å². The highest BCUT2D eigenvalue weighted by molar-refractivity contribution is 5.74. The number of hydrogen-bond donors (Lipinski definition) is 3. The summed E-state index contributed by atoms with van der Waals surface area (Å²) in [6.07, 6.45) is 1.84. The number of rotatable bonds is 8. The topological polar surface area (TPSA) is 78.4 Å². The summed E-state index contributed by atoms with van der Waals surface area (Å²) >= 11 is 0. The lowest BCUT2D eigenvalue weighted by Gasteiger charge is -2.16. The van der Waals surface area contributed by atoms with Crippen molar-refractivity contribution < 1.29 is 14.7 Å². The van der Waals surface area contributed by atoms with Crippen LogP contribution in [-0.2, 0) is 11.2 Å². The molecule has 2 unspecified atom stereocenters. The molecule has 116 valence electrons. The Bertz CT molecular complexity index is 448. The average Bonchev–Trinajstić information content (AvgIpc) is 2.43. The number of carboxylic acids is 1. The Morgan fingerprint density at radius 3 is 2.48 bits per heavy atom. The van der Waals surface area contributed by atoms with Crippen molar-refractivity contribution in [1.82, 2.24) is 10.6 Å². The molecule has 0 fully saturated rings. The van der Waals surface area contributed by atoms with Gasteiger partial charge in [-0.15, -0.1) is 0 Å². The second-order valence-electron chi connectivity index (χ2n) is 5.48. The fraction of sp³-hybridized carbons (Fsp3) is 0.500. The Hall–Kier alpha value is -2.04. The van der Waals surface area contributed by atoms with Crippen LogP contribution in [0.5, 0.6) is 0 Å². The molecule has 1 aromatic carbocycles. The number of carbonyl (C=O) groups excluding carboxylic acids is 1. The second-order valence-corrected chi connectivity index (χ2v) is 5.48. The van der Waals surface area contributed by atoms with Crippen molar-refractivity contribution in [3.63, 3.8) is 0 Å². The van der Waals surface area contributed by atoms with Crippen molar-refractivity contribution in [2.75, 3.05) is 6.54 Å². The number of carboxylic acid groups (broad SMARTS) is 1. The quantitative estimate of drug-likeness (QED) is 0.688. The van der Waals surface area contributed by atoms with E-state index in [-0.39, 0.29) is 24.4 Å². The predicted molar refractivity (Wildman–Crippen MR) is 82.2 cm³/mol. The van der Waals surface area contributed by atoms with Gasteiger partial charge >= 0.3 is 12.0 Å². The Labute approximate surface area is 125 Å². The third-order valence-electron chi connectivity index (χ3n) is 3.22. The first-order chi connectivity index (χ1) is 9.97. The predicted octanol–water partition coefficient (Wildman–Crippen LogP) is 2.42. The van der Waals surface area contributed by atoms with Gasteiger partial charge in [0.25, 0.3) is 0 Å².